The van der Waals surface area contributed by atoms with E-state index in [1.807, 2.05) is 62.4 Å². The second-order valence-corrected chi connectivity index (χ2v) is 25.2. The van der Waals surface area contributed by atoms with Crippen molar-refractivity contribution in [2.24, 2.45) is 16.6 Å². The van der Waals surface area contributed by atoms with Crippen molar-refractivity contribution in [3.05, 3.63) is 241 Å². The van der Waals surface area contributed by atoms with Gasteiger partial charge in [-0.15, -0.1) is 0 Å². The zero-order chi connectivity index (χ0) is 65.5. The lowest BCUT2D eigenvalue weighted by Crippen LogP contribution is -2.26. The van der Waals surface area contributed by atoms with Crippen LogP contribution in [-0.4, -0.2) is 72.5 Å². The quantitative estimate of drug-likeness (QED) is 0.0862. The maximum atomic E-state index is 12.7. The number of halogens is 5. The third-order valence-electron chi connectivity index (χ3n) is 15.4. The fourth-order valence-corrected chi connectivity index (χ4v) is 12.1. The average Bonchev–Trinajstić information content (AvgIpc) is 1.76. The number of nitrogens with two attached hydrogens (primary N) is 3. The summed E-state index contributed by atoms with van der Waals surface area (Å²) in [7, 11) is -3.78. The molecule has 0 spiro atoms. The van der Waals surface area contributed by atoms with Crippen molar-refractivity contribution in [3.63, 3.8) is 0 Å². The number of benzene rings is 6. The highest BCUT2D eigenvalue weighted by atomic mass is 35.5. The lowest BCUT2D eigenvalue weighted by molar-refractivity contribution is -0.118. The van der Waals surface area contributed by atoms with Crippen molar-refractivity contribution in [2.75, 3.05) is 34.3 Å². The molecule has 470 valence electrons. The highest BCUT2D eigenvalue weighted by Crippen LogP contribution is 2.43. The molecule has 6 N–H and O–H groups in total. The Morgan fingerprint density at radius 1 is 0.489 bits per heavy atom. The first-order valence-electron chi connectivity index (χ1n) is 28.3. The number of hydrogen-bond donors (Lipinski definition) is 3. The fourth-order valence-electron chi connectivity index (χ4n) is 10.6. The van der Waals surface area contributed by atoms with Gasteiger partial charge in [0, 0.05) is 110 Å². The molecule has 3 aromatic heterocycles. The van der Waals surface area contributed by atoms with E-state index in [1.54, 1.807) is 106 Å². The SMILES string of the molecule is Cc1cccc(C)c1Oc1cc([C@H]2CC(=O)N(c3cc(C(N)=O)ccn3)C2)ccc1Cl.NC(=O)c1cccc(N2C[C@@H](c3ccc(Cl)c(Oc4c(Cl)cncc4Cl)c3)CC2=O)c1.NS(=O)(=O)c1ccc(N2C[C@@H](c3ccc(Cl)c(Oc4ccncc4)c3)CC2=O)cc1. The van der Waals surface area contributed by atoms with Crippen molar-refractivity contribution in [2.45, 2.75) is 55.8 Å². The molecule has 19 nitrogen and oxygen atoms in total. The molecule has 3 fully saturated rings. The molecule has 3 saturated heterocycles. The number of sulfonamides is 1. The first-order valence-corrected chi connectivity index (χ1v) is 31.8. The molecule has 3 aliphatic heterocycles. The number of hydrogen-bond acceptors (Lipinski definition) is 13. The zero-order valence-corrected chi connectivity index (χ0v) is 53.6. The summed E-state index contributed by atoms with van der Waals surface area (Å²) in [6, 6.07) is 41.6. The Kier molecular flexibility index (Phi) is 20.5. The first-order chi connectivity index (χ1) is 44.0. The normalized spacial score (nSPS) is 16.2. The summed E-state index contributed by atoms with van der Waals surface area (Å²) in [5.41, 5.74) is 17.4. The van der Waals surface area contributed by atoms with Crippen LogP contribution in [0.5, 0.6) is 34.5 Å². The van der Waals surface area contributed by atoms with Crippen LogP contribution in [0.1, 0.15) is 85.5 Å². The van der Waals surface area contributed by atoms with Crippen LogP contribution in [0.4, 0.5) is 17.2 Å². The molecule has 9 aromatic rings. The van der Waals surface area contributed by atoms with E-state index in [1.165, 1.54) is 36.8 Å². The second kappa shape index (κ2) is 28.6. The first kappa shape index (κ1) is 65.8. The molecule has 0 radical (unpaired) electrons. The van der Waals surface area contributed by atoms with E-state index in [-0.39, 0.29) is 56.2 Å². The van der Waals surface area contributed by atoms with E-state index < -0.39 is 21.8 Å². The summed E-state index contributed by atoms with van der Waals surface area (Å²) in [6.45, 7) is 5.32. The predicted octanol–water partition coefficient (Wildman–Crippen LogP) is 13.9. The van der Waals surface area contributed by atoms with E-state index in [0.29, 0.717) is 105 Å². The Hall–Kier alpha value is -9.12. The third-order valence-corrected chi connectivity index (χ3v) is 17.8. The van der Waals surface area contributed by atoms with Crippen LogP contribution in [0, 0.1) is 13.8 Å². The maximum absolute atomic E-state index is 12.7. The van der Waals surface area contributed by atoms with Gasteiger partial charge in [0.25, 0.3) is 0 Å². The number of aryl methyl sites for hydroxylation is 2. The Morgan fingerprint density at radius 3 is 1.46 bits per heavy atom. The standard InChI is InChI=1S/C24H22ClN3O3.C22H16Cl3N3O3.C21H18ClN3O4S/c1-14-4-3-5-15(2)23(14)31-20-10-16(6-7-19(20)25)18-12-22(29)28(13-18)21-11-17(24(26)30)8-9-27-21;23-16-5-4-12(7-19(16)31-21-17(24)9-27-10-18(21)25)14-8-20(29)28(11-14)15-3-1-2-13(6-15)22(26)30;22-19-6-1-14(11-20(19)29-17-7-9-24-10-8-17)15-12-21(26)25(13-15)16-2-4-18(5-3-16)30(23,27)28/h3-11,18H,12-13H2,1-2H3,(H2,26,30);1-7,9-10,14H,8,11H2,(H2,26,30);1-11,15H,12-13H2,(H2,23,27,28)/t18-;14-;15-/m000/s1. The van der Waals surface area contributed by atoms with E-state index >= 15 is 0 Å². The van der Waals surface area contributed by atoms with E-state index in [9.17, 15) is 32.4 Å². The van der Waals surface area contributed by atoms with Crippen molar-refractivity contribution in [1.29, 1.82) is 0 Å². The number of ether oxygens (including phenoxy) is 3. The van der Waals surface area contributed by atoms with Gasteiger partial charge in [0.05, 0.1) is 20.0 Å². The smallest absolute Gasteiger partial charge is 0.248 e. The van der Waals surface area contributed by atoms with Crippen LogP contribution in [0.15, 0.2) is 181 Å². The summed E-state index contributed by atoms with van der Waals surface area (Å²) in [5.74, 6) is 2.04. The molecular formula is C67H56Cl5N9O10S. The number of rotatable bonds is 15. The third kappa shape index (κ3) is 15.6. The van der Waals surface area contributed by atoms with Crippen LogP contribution in [0.3, 0.4) is 0 Å². The van der Waals surface area contributed by atoms with Crippen LogP contribution in [-0.2, 0) is 24.4 Å². The number of primary sulfonamides is 1. The number of carbonyl (C=O) groups is 5. The van der Waals surface area contributed by atoms with Gasteiger partial charge in [0.15, 0.2) is 5.75 Å². The lowest BCUT2D eigenvalue weighted by Gasteiger charge is -2.18. The predicted molar refractivity (Wildman–Crippen MR) is 354 cm³/mol. The molecule has 0 saturated carbocycles. The van der Waals surface area contributed by atoms with Crippen LogP contribution >= 0.6 is 58.0 Å². The fraction of sp³-hybridized carbons (Fsp3) is 0.164. The number of carbonyl (C=O) groups excluding carboxylic acids is 5. The van der Waals surface area contributed by atoms with Crippen molar-refractivity contribution < 1.29 is 46.6 Å². The van der Waals surface area contributed by atoms with Gasteiger partial charge in [-0.25, -0.2) is 18.5 Å². The van der Waals surface area contributed by atoms with Gasteiger partial charge in [-0.3, -0.25) is 38.8 Å². The van der Waals surface area contributed by atoms with Crippen molar-refractivity contribution in [3.8, 4) is 34.5 Å². The minimum absolute atomic E-state index is 0.00468. The lowest BCUT2D eigenvalue weighted by atomic mass is 9.98. The van der Waals surface area contributed by atoms with Gasteiger partial charge in [-0.05, 0) is 145 Å². The number of nitrogens with zero attached hydrogens (tertiary/aromatic N) is 6. The Bertz CT molecular complexity index is 4210. The summed E-state index contributed by atoms with van der Waals surface area (Å²) in [4.78, 5) is 77.9. The summed E-state index contributed by atoms with van der Waals surface area (Å²) < 4.78 is 40.7. The molecule has 3 aliphatic rings. The molecule has 5 amide bonds. The minimum Gasteiger partial charge on any atom is -0.456 e. The molecule has 6 aromatic carbocycles. The molecule has 25 heteroatoms. The molecule has 92 heavy (non-hydrogen) atoms. The molecule has 0 bridgehead atoms. The van der Waals surface area contributed by atoms with Gasteiger partial charge in [0.2, 0.25) is 39.6 Å². The van der Waals surface area contributed by atoms with Gasteiger partial charge in [-0.1, -0.05) is 100 Å². The Labute approximate surface area is 554 Å². The Morgan fingerprint density at radius 2 is 0.946 bits per heavy atom. The van der Waals surface area contributed by atoms with Crippen LogP contribution < -0.4 is 45.5 Å². The number of amides is 5. The number of para-hydroxylation sites is 1. The molecule has 0 aliphatic carbocycles. The minimum atomic E-state index is -3.78. The Balaban J connectivity index is 0.000000151. The van der Waals surface area contributed by atoms with Crippen molar-refractivity contribution in [1.82, 2.24) is 15.0 Å². The number of aromatic nitrogens is 3. The average molecular weight is 1360 g/mol. The molecule has 12 rings (SSSR count). The van der Waals surface area contributed by atoms with E-state index in [2.05, 4.69) is 15.0 Å². The monoisotopic (exact) mass is 1350 g/mol. The summed E-state index contributed by atoms with van der Waals surface area (Å²) in [5, 5.41) is 6.99. The van der Waals surface area contributed by atoms with Gasteiger partial charge in [0.1, 0.15) is 44.6 Å². The maximum Gasteiger partial charge on any atom is 0.248 e. The molecular weight excluding hydrogens is 1300 g/mol. The van der Waals surface area contributed by atoms with Gasteiger partial charge < -0.3 is 35.5 Å². The highest BCUT2D eigenvalue weighted by Gasteiger charge is 2.35. The molecule has 0 unspecified atom stereocenters. The molecule has 3 atom stereocenters. The highest BCUT2D eigenvalue weighted by molar-refractivity contribution is 7.89. The number of pyridine rings is 3. The zero-order valence-electron chi connectivity index (χ0n) is 49.0. The second-order valence-electron chi connectivity index (χ2n) is 21.6. The van der Waals surface area contributed by atoms with E-state index in [4.69, 9.17) is 88.8 Å². The van der Waals surface area contributed by atoms with Gasteiger partial charge in [-0.2, -0.15) is 0 Å². The number of primary amides is 2. The molecule has 6 heterocycles. The van der Waals surface area contributed by atoms with Crippen LogP contribution in [0.25, 0.3) is 0 Å². The van der Waals surface area contributed by atoms with Crippen LogP contribution in [0.2, 0.25) is 25.1 Å². The summed E-state index contributed by atoms with van der Waals surface area (Å²) in [6.07, 6.45) is 8.54. The largest absolute Gasteiger partial charge is 0.456 e. The summed E-state index contributed by atoms with van der Waals surface area (Å²) >= 11 is 31.3. The van der Waals surface area contributed by atoms with E-state index in [0.717, 1.165) is 33.6 Å². The topological polar surface area (TPSA) is 274 Å². The van der Waals surface area contributed by atoms with Gasteiger partial charge >= 0.3 is 0 Å². The number of anilines is 3. The van der Waals surface area contributed by atoms with Crippen molar-refractivity contribution >= 4 is 115 Å².